The van der Waals surface area contributed by atoms with Crippen LogP contribution in [-0.2, 0) is 41.9 Å². The van der Waals surface area contributed by atoms with Crippen molar-refractivity contribution in [3.8, 4) is 5.75 Å². The molecule has 0 unspecified atom stereocenters. The lowest BCUT2D eigenvalue weighted by Gasteiger charge is -2.08. The molecule has 3 aromatic rings. The number of para-hydroxylation sites is 1. The number of aryl methyl sites for hydroxylation is 1. The topological polar surface area (TPSA) is 114 Å². The van der Waals surface area contributed by atoms with Gasteiger partial charge in [0.2, 0.25) is 11.8 Å². The van der Waals surface area contributed by atoms with Crippen LogP contribution in [0, 0.1) is 0 Å². The Bertz CT molecular complexity index is 1090. The number of carbonyl (C=O) groups excluding carboxylic acids is 2. The second-order valence-corrected chi connectivity index (χ2v) is 7.93. The summed E-state index contributed by atoms with van der Waals surface area (Å²) < 4.78 is 6.78. The van der Waals surface area contributed by atoms with Crippen molar-refractivity contribution in [1.29, 1.82) is 0 Å². The number of anilines is 1. The molecule has 0 aliphatic heterocycles. The van der Waals surface area contributed by atoms with Gasteiger partial charge in [-0.05, 0) is 37.3 Å². The fourth-order valence-corrected chi connectivity index (χ4v) is 4.00. The van der Waals surface area contributed by atoms with Crippen molar-refractivity contribution in [3.05, 3.63) is 59.2 Å². The number of rotatable bonds is 8. The standard InChI is InChI=1S/C23H28N6O3/c1-32-21-10-6-5-7-16(21)11-22(30)26-17-12-25-29(14-17)15-23(31)24-13-20-18-8-3-2-4-9-19(18)27-28-20/h5-7,10,12,14H,2-4,8-9,11,13,15H2,1H3,(H,24,31)(H,26,30)(H,27,28). The number of hydrogen-bond acceptors (Lipinski definition) is 5. The van der Waals surface area contributed by atoms with Crippen LogP contribution >= 0.6 is 0 Å². The number of hydrogen-bond donors (Lipinski definition) is 3. The summed E-state index contributed by atoms with van der Waals surface area (Å²) in [6.45, 7) is 0.462. The van der Waals surface area contributed by atoms with Crippen LogP contribution in [0.15, 0.2) is 36.7 Å². The molecule has 1 aliphatic carbocycles. The van der Waals surface area contributed by atoms with E-state index in [0.717, 1.165) is 30.5 Å². The first-order chi connectivity index (χ1) is 15.6. The van der Waals surface area contributed by atoms with Crippen LogP contribution < -0.4 is 15.4 Å². The molecule has 3 N–H and O–H groups in total. The van der Waals surface area contributed by atoms with Crippen molar-refractivity contribution in [2.45, 2.75) is 51.6 Å². The van der Waals surface area contributed by atoms with Crippen LogP contribution in [0.25, 0.3) is 0 Å². The van der Waals surface area contributed by atoms with Crippen molar-refractivity contribution < 1.29 is 14.3 Å². The quantitative estimate of drug-likeness (QED) is 0.469. The van der Waals surface area contributed by atoms with Gasteiger partial charge in [0.1, 0.15) is 12.3 Å². The van der Waals surface area contributed by atoms with Crippen LogP contribution in [0.3, 0.4) is 0 Å². The van der Waals surface area contributed by atoms with Crippen LogP contribution in [0.5, 0.6) is 5.75 Å². The predicted octanol–water partition coefficient (Wildman–Crippen LogP) is 2.38. The van der Waals surface area contributed by atoms with Crippen LogP contribution in [-0.4, -0.2) is 38.9 Å². The van der Waals surface area contributed by atoms with Gasteiger partial charge in [0, 0.05) is 17.5 Å². The van der Waals surface area contributed by atoms with Gasteiger partial charge in [0.15, 0.2) is 0 Å². The van der Waals surface area contributed by atoms with E-state index in [1.54, 1.807) is 13.3 Å². The third-order valence-electron chi connectivity index (χ3n) is 5.61. The molecule has 9 nitrogen and oxygen atoms in total. The number of H-pyrrole nitrogens is 1. The zero-order valence-electron chi connectivity index (χ0n) is 18.2. The van der Waals surface area contributed by atoms with E-state index in [-0.39, 0.29) is 24.8 Å². The lowest BCUT2D eigenvalue weighted by molar-refractivity contribution is -0.122. The minimum absolute atomic E-state index is 0.0645. The molecule has 0 saturated carbocycles. The van der Waals surface area contributed by atoms with E-state index in [0.29, 0.717) is 18.0 Å². The van der Waals surface area contributed by atoms with Crippen molar-refractivity contribution >= 4 is 17.5 Å². The zero-order chi connectivity index (χ0) is 22.3. The Hall–Kier alpha value is -3.62. The second kappa shape index (κ2) is 10.1. The summed E-state index contributed by atoms with van der Waals surface area (Å²) in [6, 6.07) is 7.39. The Kier molecular flexibility index (Phi) is 6.84. The zero-order valence-corrected chi connectivity index (χ0v) is 18.2. The molecule has 0 spiro atoms. The monoisotopic (exact) mass is 436 g/mol. The number of aromatic amines is 1. The molecule has 9 heteroatoms. The summed E-state index contributed by atoms with van der Waals surface area (Å²) in [4.78, 5) is 24.7. The lowest BCUT2D eigenvalue weighted by atomic mass is 10.1. The van der Waals surface area contributed by atoms with Crippen LogP contribution in [0.1, 0.15) is 41.8 Å². The van der Waals surface area contributed by atoms with Gasteiger partial charge in [-0.2, -0.15) is 10.2 Å². The lowest BCUT2D eigenvalue weighted by Crippen LogP contribution is -2.27. The molecule has 168 valence electrons. The Balaban J connectivity index is 1.27. The normalized spacial score (nSPS) is 13.2. The van der Waals surface area contributed by atoms with Gasteiger partial charge in [-0.25, -0.2) is 0 Å². The maximum absolute atomic E-state index is 12.4. The van der Waals surface area contributed by atoms with Gasteiger partial charge in [-0.3, -0.25) is 19.4 Å². The van der Waals surface area contributed by atoms with E-state index >= 15 is 0 Å². The molecule has 32 heavy (non-hydrogen) atoms. The van der Waals surface area contributed by atoms with Gasteiger partial charge < -0.3 is 15.4 Å². The molecule has 2 amide bonds. The molecule has 0 fully saturated rings. The molecule has 2 heterocycles. The van der Waals surface area contributed by atoms with Crippen LogP contribution in [0.4, 0.5) is 5.69 Å². The third-order valence-corrected chi connectivity index (χ3v) is 5.61. The summed E-state index contributed by atoms with van der Waals surface area (Å²) in [5.41, 5.74) is 4.71. The van der Waals surface area contributed by atoms with Crippen molar-refractivity contribution in [3.63, 3.8) is 0 Å². The average molecular weight is 437 g/mol. The van der Waals surface area contributed by atoms with Gasteiger partial charge in [0.25, 0.3) is 0 Å². The Morgan fingerprint density at radius 2 is 2.00 bits per heavy atom. The minimum Gasteiger partial charge on any atom is -0.496 e. The van der Waals surface area contributed by atoms with E-state index in [4.69, 9.17) is 4.74 Å². The molecular formula is C23H28N6O3. The maximum atomic E-state index is 12.4. The molecule has 2 aromatic heterocycles. The summed E-state index contributed by atoms with van der Waals surface area (Å²) in [6.07, 6.45) is 8.95. The number of fused-ring (bicyclic) bond motifs is 1. The number of aromatic nitrogens is 4. The number of benzene rings is 1. The fraction of sp³-hybridized carbons (Fsp3) is 0.391. The van der Waals surface area contributed by atoms with Crippen LogP contribution in [0.2, 0.25) is 0 Å². The van der Waals surface area contributed by atoms with E-state index in [2.05, 4.69) is 25.9 Å². The first-order valence-corrected chi connectivity index (χ1v) is 10.9. The fourth-order valence-electron chi connectivity index (χ4n) is 4.00. The van der Waals surface area contributed by atoms with E-state index in [1.165, 1.54) is 35.0 Å². The van der Waals surface area contributed by atoms with E-state index in [9.17, 15) is 9.59 Å². The van der Waals surface area contributed by atoms with Gasteiger partial charge in [0.05, 0.1) is 37.7 Å². The average Bonchev–Trinajstić information content (AvgIpc) is 3.31. The molecule has 0 atom stereocenters. The largest absolute Gasteiger partial charge is 0.496 e. The smallest absolute Gasteiger partial charge is 0.242 e. The first kappa shape index (κ1) is 21.6. The summed E-state index contributed by atoms with van der Waals surface area (Å²) in [7, 11) is 1.58. The van der Waals surface area contributed by atoms with E-state index in [1.807, 2.05) is 24.3 Å². The Morgan fingerprint density at radius 3 is 2.88 bits per heavy atom. The van der Waals surface area contributed by atoms with E-state index < -0.39 is 0 Å². The summed E-state index contributed by atoms with van der Waals surface area (Å²) in [5.74, 6) is 0.326. The number of nitrogens with zero attached hydrogens (tertiary/aromatic N) is 3. The SMILES string of the molecule is COc1ccccc1CC(=O)Nc1cnn(CC(=O)NCc2n[nH]c3c2CCCCC3)c1. The van der Waals surface area contributed by atoms with Gasteiger partial charge in [-0.1, -0.05) is 24.6 Å². The number of amides is 2. The molecule has 0 saturated heterocycles. The summed E-state index contributed by atoms with van der Waals surface area (Å²) in [5, 5.41) is 17.4. The molecule has 0 radical (unpaired) electrons. The molecule has 1 aliphatic rings. The number of ether oxygens (including phenoxy) is 1. The summed E-state index contributed by atoms with van der Waals surface area (Å²) >= 11 is 0. The number of methoxy groups -OCH3 is 1. The first-order valence-electron chi connectivity index (χ1n) is 10.9. The number of nitrogens with one attached hydrogen (secondary N) is 3. The Labute approximate surface area is 186 Å². The van der Waals surface area contributed by atoms with Crippen molar-refractivity contribution in [2.24, 2.45) is 0 Å². The highest BCUT2D eigenvalue weighted by atomic mass is 16.5. The highest BCUT2D eigenvalue weighted by Crippen LogP contribution is 2.21. The molecular weight excluding hydrogens is 408 g/mol. The molecule has 1 aromatic carbocycles. The molecule has 0 bridgehead atoms. The minimum atomic E-state index is -0.183. The number of carbonyl (C=O) groups is 2. The third kappa shape index (κ3) is 5.35. The van der Waals surface area contributed by atoms with Gasteiger partial charge in [-0.15, -0.1) is 0 Å². The predicted molar refractivity (Wildman–Crippen MR) is 119 cm³/mol. The molecule has 4 rings (SSSR count). The second-order valence-electron chi connectivity index (χ2n) is 7.93. The Morgan fingerprint density at radius 1 is 1.16 bits per heavy atom. The highest BCUT2D eigenvalue weighted by molar-refractivity contribution is 5.92. The van der Waals surface area contributed by atoms with Crippen molar-refractivity contribution in [1.82, 2.24) is 25.3 Å². The maximum Gasteiger partial charge on any atom is 0.242 e. The van der Waals surface area contributed by atoms with Gasteiger partial charge >= 0.3 is 0 Å². The highest BCUT2D eigenvalue weighted by Gasteiger charge is 2.16. The van der Waals surface area contributed by atoms with Crippen molar-refractivity contribution in [2.75, 3.05) is 12.4 Å².